The summed E-state index contributed by atoms with van der Waals surface area (Å²) >= 11 is 0. The predicted octanol–water partition coefficient (Wildman–Crippen LogP) is 2.93. The summed E-state index contributed by atoms with van der Waals surface area (Å²) in [6.07, 6.45) is 8.74. The second-order valence-electron chi connectivity index (χ2n) is 6.55. The van der Waals surface area contributed by atoms with Crippen molar-refractivity contribution in [2.45, 2.75) is 70.8 Å². The minimum atomic E-state index is -0.263. The average Bonchev–Trinajstić information content (AvgIpc) is 2.61. The van der Waals surface area contributed by atoms with Crippen molar-refractivity contribution in [3.8, 4) is 0 Å². The third-order valence-corrected chi connectivity index (χ3v) is 4.49. The number of carbonyl (C=O) groups excluding carboxylic acids is 2. The quantitative estimate of drug-likeness (QED) is 0.773. The van der Waals surface area contributed by atoms with Crippen molar-refractivity contribution >= 4 is 11.7 Å². The molecule has 0 atom stereocenters. The summed E-state index contributed by atoms with van der Waals surface area (Å²) in [7, 11) is 0. The molecule has 0 bridgehead atoms. The summed E-state index contributed by atoms with van der Waals surface area (Å²) in [4.78, 5) is 25.5. The van der Waals surface area contributed by atoms with Gasteiger partial charge in [-0.2, -0.15) is 0 Å². The number of hydrogen-bond donors (Lipinski definition) is 0. The van der Waals surface area contributed by atoms with Crippen LogP contribution in [-0.4, -0.2) is 28.7 Å². The highest BCUT2D eigenvalue weighted by molar-refractivity contribution is 5.91. The molecule has 3 nitrogen and oxygen atoms in total. The fourth-order valence-corrected chi connectivity index (χ4v) is 3.39. The molecule has 3 heteroatoms. The van der Waals surface area contributed by atoms with E-state index in [0.29, 0.717) is 19.4 Å². The van der Waals surface area contributed by atoms with Gasteiger partial charge in [-0.25, -0.2) is 0 Å². The van der Waals surface area contributed by atoms with Gasteiger partial charge in [0.25, 0.3) is 0 Å². The van der Waals surface area contributed by atoms with Gasteiger partial charge in [-0.05, 0) is 26.2 Å². The summed E-state index contributed by atoms with van der Waals surface area (Å²) in [6, 6.07) is 0. The van der Waals surface area contributed by atoms with E-state index in [1.54, 1.807) is 4.90 Å². The Morgan fingerprint density at radius 3 is 2.50 bits per heavy atom. The van der Waals surface area contributed by atoms with Crippen LogP contribution in [-0.2, 0) is 9.59 Å². The molecule has 1 amide bonds. The van der Waals surface area contributed by atoms with E-state index >= 15 is 0 Å². The van der Waals surface area contributed by atoms with Crippen molar-refractivity contribution in [1.29, 1.82) is 0 Å². The highest BCUT2D eigenvalue weighted by Gasteiger charge is 2.39. The Balaban J connectivity index is 1.82. The summed E-state index contributed by atoms with van der Waals surface area (Å²) in [5, 5.41) is 0. The van der Waals surface area contributed by atoms with Gasteiger partial charge in [-0.3, -0.25) is 9.59 Å². The molecule has 102 valence electrons. The number of nitrogens with zero attached hydrogens (tertiary/aromatic N) is 1. The third kappa shape index (κ3) is 3.12. The molecule has 2 fully saturated rings. The molecule has 1 aliphatic carbocycles. The Labute approximate surface area is 110 Å². The van der Waals surface area contributed by atoms with Crippen molar-refractivity contribution in [3.05, 3.63) is 0 Å². The van der Waals surface area contributed by atoms with Crippen LogP contribution in [0.2, 0.25) is 0 Å². The highest BCUT2D eigenvalue weighted by Crippen LogP contribution is 2.30. The van der Waals surface area contributed by atoms with Crippen LogP contribution in [0.15, 0.2) is 0 Å². The van der Waals surface area contributed by atoms with E-state index in [2.05, 4.69) is 0 Å². The Bertz CT molecular complexity index is 329. The first-order chi connectivity index (χ1) is 8.49. The molecule has 0 unspecified atom stereocenters. The van der Waals surface area contributed by atoms with E-state index in [0.717, 1.165) is 12.3 Å². The highest BCUT2D eigenvalue weighted by atomic mass is 16.2. The van der Waals surface area contributed by atoms with Crippen molar-refractivity contribution in [2.24, 2.45) is 5.92 Å². The number of ketones is 1. The van der Waals surface area contributed by atoms with Crippen LogP contribution in [0.1, 0.15) is 65.2 Å². The second kappa shape index (κ2) is 5.41. The molecule has 18 heavy (non-hydrogen) atoms. The summed E-state index contributed by atoms with van der Waals surface area (Å²) in [6.45, 7) is 4.32. The minimum absolute atomic E-state index is 0.177. The molecular formula is C15H25NO2. The Kier molecular flexibility index (Phi) is 4.08. The molecule has 0 spiro atoms. The van der Waals surface area contributed by atoms with Crippen LogP contribution >= 0.6 is 0 Å². The maximum atomic E-state index is 12.2. The lowest BCUT2D eigenvalue weighted by atomic mass is 9.86. The fourth-order valence-electron chi connectivity index (χ4n) is 3.39. The molecular weight excluding hydrogens is 226 g/mol. The third-order valence-electron chi connectivity index (χ3n) is 4.49. The Morgan fingerprint density at radius 1 is 1.28 bits per heavy atom. The van der Waals surface area contributed by atoms with Crippen molar-refractivity contribution < 1.29 is 9.59 Å². The van der Waals surface area contributed by atoms with E-state index < -0.39 is 0 Å². The molecule has 1 heterocycles. The van der Waals surface area contributed by atoms with Gasteiger partial charge < -0.3 is 4.90 Å². The standard InChI is InChI=1S/C15H25NO2/c1-15(2)10-13(17)11-16(15)14(18)9-8-12-6-4-3-5-7-12/h12H,3-11H2,1-2H3. The van der Waals surface area contributed by atoms with Gasteiger partial charge in [-0.15, -0.1) is 0 Å². The summed E-state index contributed by atoms with van der Waals surface area (Å²) in [5.41, 5.74) is -0.263. The van der Waals surface area contributed by atoms with Gasteiger partial charge in [0.1, 0.15) is 0 Å². The lowest BCUT2D eigenvalue weighted by Crippen LogP contribution is -2.42. The van der Waals surface area contributed by atoms with Crippen molar-refractivity contribution in [3.63, 3.8) is 0 Å². The van der Waals surface area contributed by atoms with E-state index in [4.69, 9.17) is 0 Å². The molecule has 1 aliphatic heterocycles. The first-order valence-electron chi connectivity index (χ1n) is 7.31. The van der Waals surface area contributed by atoms with Gasteiger partial charge >= 0.3 is 0 Å². The molecule has 0 N–H and O–H groups in total. The molecule has 0 aromatic carbocycles. The first-order valence-corrected chi connectivity index (χ1v) is 7.31. The lowest BCUT2D eigenvalue weighted by molar-refractivity contribution is -0.135. The molecule has 1 saturated carbocycles. The van der Waals surface area contributed by atoms with Crippen LogP contribution in [0.3, 0.4) is 0 Å². The van der Waals surface area contributed by atoms with Gasteiger partial charge in [-0.1, -0.05) is 32.1 Å². The van der Waals surface area contributed by atoms with Crippen molar-refractivity contribution in [2.75, 3.05) is 6.54 Å². The topological polar surface area (TPSA) is 37.4 Å². The van der Waals surface area contributed by atoms with Crippen LogP contribution in [0.25, 0.3) is 0 Å². The largest absolute Gasteiger partial charge is 0.330 e. The van der Waals surface area contributed by atoms with E-state index in [-0.39, 0.29) is 17.2 Å². The number of rotatable bonds is 3. The molecule has 1 saturated heterocycles. The summed E-state index contributed by atoms with van der Waals surface area (Å²) in [5.74, 6) is 1.12. The normalized spacial score (nSPS) is 24.6. The van der Waals surface area contributed by atoms with Gasteiger partial charge in [0.15, 0.2) is 5.78 Å². The van der Waals surface area contributed by atoms with Crippen molar-refractivity contribution in [1.82, 2.24) is 4.90 Å². The molecule has 0 aromatic rings. The van der Waals surface area contributed by atoms with Crippen LogP contribution in [0, 0.1) is 5.92 Å². The SMILES string of the molecule is CC1(C)CC(=O)CN1C(=O)CCC1CCCCC1. The number of hydrogen-bond acceptors (Lipinski definition) is 2. The fraction of sp³-hybridized carbons (Fsp3) is 0.867. The number of likely N-dealkylation sites (tertiary alicyclic amines) is 1. The Morgan fingerprint density at radius 2 is 1.94 bits per heavy atom. The van der Waals surface area contributed by atoms with Gasteiger partial charge in [0, 0.05) is 18.4 Å². The van der Waals surface area contributed by atoms with Crippen LogP contribution in [0.4, 0.5) is 0 Å². The lowest BCUT2D eigenvalue weighted by Gasteiger charge is -2.31. The second-order valence-corrected chi connectivity index (χ2v) is 6.55. The smallest absolute Gasteiger partial charge is 0.223 e. The average molecular weight is 251 g/mol. The first kappa shape index (κ1) is 13.6. The van der Waals surface area contributed by atoms with Crippen LogP contribution in [0.5, 0.6) is 0 Å². The molecule has 0 aromatic heterocycles. The Hall–Kier alpha value is -0.860. The molecule has 2 aliphatic rings. The maximum Gasteiger partial charge on any atom is 0.223 e. The molecule has 2 rings (SSSR count). The predicted molar refractivity (Wildman–Crippen MR) is 71.2 cm³/mol. The zero-order chi connectivity index (χ0) is 13.2. The summed E-state index contributed by atoms with van der Waals surface area (Å²) < 4.78 is 0. The van der Waals surface area contributed by atoms with E-state index in [1.807, 2.05) is 13.8 Å². The number of carbonyl (C=O) groups is 2. The van der Waals surface area contributed by atoms with Gasteiger partial charge in [0.05, 0.1) is 6.54 Å². The monoisotopic (exact) mass is 251 g/mol. The van der Waals surface area contributed by atoms with E-state index in [9.17, 15) is 9.59 Å². The van der Waals surface area contributed by atoms with Crippen LogP contribution < -0.4 is 0 Å². The zero-order valence-electron chi connectivity index (χ0n) is 11.7. The minimum Gasteiger partial charge on any atom is -0.330 e. The maximum absolute atomic E-state index is 12.2. The van der Waals surface area contributed by atoms with Gasteiger partial charge in [0.2, 0.25) is 5.91 Å². The number of amides is 1. The molecule has 0 radical (unpaired) electrons. The number of Topliss-reactive ketones (excluding diaryl/α,β-unsaturated/α-hetero) is 1. The van der Waals surface area contributed by atoms with E-state index in [1.165, 1.54) is 32.1 Å². The zero-order valence-corrected chi connectivity index (χ0v) is 11.7.